The number of benzene rings is 2. The van der Waals surface area contributed by atoms with E-state index in [1.54, 1.807) is 14.2 Å². The minimum absolute atomic E-state index is 0.0724. The lowest BCUT2D eigenvalue weighted by atomic mass is 9.86. The first-order chi connectivity index (χ1) is 13.1. The molecular formula is C22H26O5. The van der Waals surface area contributed by atoms with Crippen LogP contribution < -0.4 is 18.9 Å². The Balaban J connectivity index is 2.03. The molecule has 2 atom stereocenters. The van der Waals surface area contributed by atoms with E-state index in [0.29, 0.717) is 36.0 Å². The van der Waals surface area contributed by atoms with Crippen LogP contribution in [0.5, 0.6) is 23.0 Å². The van der Waals surface area contributed by atoms with Crippen molar-refractivity contribution in [1.82, 2.24) is 0 Å². The molecule has 3 rings (SSSR count). The van der Waals surface area contributed by atoms with E-state index in [2.05, 4.69) is 0 Å². The van der Waals surface area contributed by atoms with Crippen LogP contribution >= 0.6 is 0 Å². The lowest BCUT2D eigenvalue weighted by Gasteiger charge is -2.33. The summed E-state index contributed by atoms with van der Waals surface area (Å²) in [4.78, 5) is 11.0. The van der Waals surface area contributed by atoms with Gasteiger partial charge in [-0.1, -0.05) is 30.3 Å². The van der Waals surface area contributed by atoms with Crippen LogP contribution in [-0.4, -0.2) is 26.6 Å². The van der Waals surface area contributed by atoms with Gasteiger partial charge in [-0.25, -0.2) is 0 Å². The third-order valence-electron chi connectivity index (χ3n) is 5.15. The third-order valence-corrected chi connectivity index (χ3v) is 5.15. The summed E-state index contributed by atoms with van der Waals surface area (Å²) in [5, 5.41) is 0. The number of hydrogen-bond donors (Lipinski definition) is 0. The van der Waals surface area contributed by atoms with Crippen molar-refractivity contribution in [3.8, 4) is 23.0 Å². The minimum atomic E-state index is -0.0724. The Kier molecular flexibility index (Phi) is 5.89. The largest absolute Gasteiger partial charge is 0.490 e. The van der Waals surface area contributed by atoms with E-state index in [0.717, 1.165) is 29.4 Å². The number of aldehydes is 1. The van der Waals surface area contributed by atoms with Crippen LogP contribution in [0.25, 0.3) is 0 Å². The number of fused-ring (bicyclic) bond motifs is 1. The van der Waals surface area contributed by atoms with Crippen LogP contribution in [0.15, 0.2) is 30.3 Å². The zero-order valence-electron chi connectivity index (χ0n) is 16.3. The highest BCUT2D eigenvalue weighted by atomic mass is 16.6. The number of methoxy groups -OCH3 is 2. The number of carbonyl (C=O) groups excluding carboxylic acids is 1. The topological polar surface area (TPSA) is 54.0 Å². The quantitative estimate of drug-likeness (QED) is 0.686. The first kappa shape index (κ1) is 19.1. The molecule has 0 amide bonds. The normalized spacial score (nSPS) is 18.2. The Morgan fingerprint density at radius 1 is 1.11 bits per heavy atom. The van der Waals surface area contributed by atoms with Gasteiger partial charge in [0.1, 0.15) is 12.9 Å². The molecule has 2 aromatic rings. The fourth-order valence-corrected chi connectivity index (χ4v) is 3.57. The van der Waals surface area contributed by atoms with Gasteiger partial charge in [0.05, 0.1) is 20.3 Å². The zero-order valence-corrected chi connectivity index (χ0v) is 16.3. The van der Waals surface area contributed by atoms with Crippen LogP contribution in [0.2, 0.25) is 0 Å². The molecule has 0 spiro atoms. The lowest BCUT2D eigenvalue weighted by molar-refractivity contribution is -0.109. The molecule has 0 saturated heterocycles. The highest BCUT2D eigenvalue weighted by Crippen LogP contribution is 2.52. The highest BCUT2D eigenvalue weighted by Gasteiger charge is 2.34. The number of carbonyl (C=O) groups is 1. The maximum absolute atomic E-state index is 11.0. The van der Waals surface area contributed by atoms with Crippen molar-refractivity contribution in [2.24, 2.45) is 5.92 Å². The predicted octanol–water partition coefficient (Wildman–Crippen LogP) is 4.12. The molecular weight excluding hydrogens is 344 g/mol. The molecule has 5 heteroatoms. The van der Waals surface area contributed by atoms with Crippen LogP contribution in [0, 0.1) is 12.8 Å². The van der Waals surface area contributed by atoms with Crippen molar-refractivity contribution in [1.29, 1.82) is 0 Å². The van der Waals surface area contributed by atoms with E-state index < -0.39 is 0 Å². The SMILES string of the molecule is COc1c(OCc2ccccc2)c(C)c2c(c1OC)OC(C)C(CC=O)C2. The van der Waals surface area contributed by atoms with Crippen molar-refractivity contribution in [3.63, 3.8) is 0 Å². The van der Waals surface area contributed by atoms with Gasteiger partial charge >= 0.3 is 0 Å². The summed E-state index contributed by atoms with van der Waals surface area (Å²) in [5.41, 5.74) is 3.04. The second-order valence-electron chi connectivity index (χ2n) is 6.79. The number of ether oxygens (including phenoxy) is 4. The number of hydrogen-bond acceptors (Lipinski definition) is 5. The Labute approximate surface area is 160 Å². The molecule has 0 radical (unpaired) electrons. The molecule has 1 aliphatic rings. The zero-order chi connectivity index (χ0) is 19.4. The van der Waals surface area contributed by atoms with Crippen molar-refractivity contribution >= 4 is 6.29 Å². The summed E-state index contributed by atoms with van der Waals surface area (Å²) in [7, 11) is 3.19. The second-order valence-corrected chi connectivity index (χ2v) is 6.79. The molecule has 2 aromatic carbocycles. The molecule has 1 aliphatic heterocycles. The maximum atomic E-state index is 11.0. The molecule has 0 bridgehead atoms. The van der Waals surface area contributed by atoms with Crippen LogP contribution in [0.3, 0.4) is 0 Å². The summed E-state index contributed by atoms with van der Waals surface area (Å²) in [6.45, 7) is 4.41. The smallest absolute Gasteiger partial charge is 0.207 e. The first-order valence-electron chi connectivity index (χ1n) is 9.15. The monoisotopic (exact) mass is 370 g/mol. The van der Waals surface area contributed by atoms with E-state index in [9.17, 15) is 4.79 Å². The molecule has 5 nitrogen and oxygen atoms in total. The average molecular weight is 370 g/mol. The summed E-state index contributed by atoms with van der Waals surface area (Å²) < 4.78 is 23.5. The van der Waals surface area contributed by atoms with E-state index in [1.165, 1.54) is 0 Å². The molecule has 0 aromatic heterocycles. The third kappa shape index (κ3) is 3.72. The van der Waals surface area contributed by atoms with Crippen molar-refractivity contribution < 1.29 is 23.7 Å². The average Bonchev–Trinajstić information content (AvgIpc) is 2.69. The van der Waals surface area contributed by atoms with Gasteiger partial charge in [-0.05, 0) is 25.8 Å². The molecule has 27 heavy (non-hydrogen) atoms. The first-order valence-corrected chi connectivity index (χ1v) is 9.15. The molecule has 0 aliphatic carbocycles. The van der Waals surface area contributed by atoms with Crippen LogP contribution in [-0.2, 0) is 17.8 Å². The molecule has 144 valence electrons. The van der Waals surface area contributed by atoms with Gasteiger partial charge < -0.3 is 23.7 Å². The Morgan fingerprint density at radius 2 is 1.81 bits per heavy atom. The number of rotatable bonds is 7. The molecule has 0 N–H and O–H groups in total. The van der Waals surface area contributed by atoms with E-state index in [-0.39, 0.29) is 12.0 Å². The van der Waals surface area contributed by atoms with Crippen LogP contribution in [0.4, 0.5) is 0 Å². The predicted molar refractivity (Wildman–Crippen MR) is 103 cm³/mol. The minimum Gasteiger partial charge on any atom is -0.490 e. The lowest BCUT2D eigenvalue weighted by Crippen LogP contribution is -2.31. The van der Waals surface area contributed by atoms with E-state index in [4.69, 9.17) is 18.9 Å². The highest BCUT2D eigenvalue weighted by molar-refractivity contribution is 5.67. The Bertz CT molecular complexity index is 800. The fraction of sp³-hybridized carbons (Fsp3) is 0.409. The molecule has 1 heterocycles. The van der Waals surface area contributed by atoms with Crippen molar-refractivity contribution in [2.75, 3.05) is 14.2 Å². The van der Waals surface area contributed by atoms with Gasteiger partial charge in [-0.3, -0.25) is 0 Å². The van der Waals surface area contributed by atoms with Crippen LogP contribution in [0.1, 0.15) is 30.0 Å². The van der Waals surface area contributed by atoms with Gasteiger partial charge in [0.15, 0.2) is 11.5 Å². The van der Waals surface area contributed by atoms with Gasteiger partial charge in [0.2, 0.25) is 11.5 Å². The molecule has 2 unspecified atom stereocenters. The summed E-state index contributed by atoms with van der Waals surface area (Å²) >= 11 is 0. The van der Waals surface area contributed by atoms with Gasteiger partial charge in [0, 0.05) is 23.5 Å². The maximum Gasteiger partial charge on any atom is 0.207 e. The Morgan fingerprint density at radius 3 is 2.44 bits per heavy atom. The van der Waals surface area contributed by atoms with Crippen molar-refractivity contribution in [3.05, 3.63) is 47.0 Å². The molecule has 0 fully saturated rings. The van der Waals surface area contributed by atoms with Gasteiger partial charge in [0.25, 0.3) is 0 Å². The van der Waals surface area contributed by atoms with Crippen molar-refractivity contribution in [2.45, 2.75) is 39.4 Å². The summed E-state index contributed by atoms with van der Waals surface area (Å²) in [5.74, 6) is 2.55. The summed E-state index contributed by atoms with van der Waals surface area (Å²) in [6.07, 6.45) is 2.09. The van der Waals surface area contributed by atoms with Gasteiger partial charge in [-0.2, -0.15) is 0 Å². The van der Waals surface area contributed by atoms with E-state index in [1.807, 2.05) is 44.2 Å². The van der Waals surface area contributed by atoms with E-state index >= 15 is 0 Å². The molecule has 0 saturated carbocycles. The van der Waals surface area contributed by atoms with Gasteiger partial charge in [-0.15, -0.1) is 0 Å². The summed E-state index contributed by atoms with van der Waals surface area (Å²) in [6, 6.07) is 9.97. The Hall–Kier alpha value is -2.69. The second kappa shape index (κ2) is 8.33. The standard InChI is InChI=1S/C22H26O5/c1-14-18-12-17(10-11-23)15(2)27-20(18)22(25-4)21(24-3)19(14)26-13-16-8-6-5-7-9-16/h5-9,11,15,17H,10,12-13H2,1-4H3. The fourth-order valence-electron chi connectivity index (χ4n) is 3.57.